The Kier molecular flexibility index (Phi) is 2.29. The van der Waals surface area contributed by atoms with Crippen LogP contribution in [-0.2, 0) is 10.4 Å². The largest absolute Gasteiger partial charge is 0.466 e. The van der Waals surface area contributed by atoms with Gasteiger partial charge in [-0.2, -0.15) is 0 Å². The van der Waals surface area contributed by atoms with Crippen molar-refractivity contribution in [2.24, 2.45) is 5.92 Å². The predicted molar refractivity (Wildman–Crippen MR) is 55.1 cm³/mol. The fourth-order valence-electron chi connectivity index (χ4n) is 2.06. The molecule has 0 aliphatic heterocycles. The van der Waals surface area contributed by atoms with Crippen LogP contribution in [0.2, 0.25) is 0 Å². The Morgan fingerprint density at radius 3 is 2.67 bits per heavy atom. The number of hydrogen-bond donors (Lipinski definition) is 1. The highest BCUT2D eigenvalue weighted by molar-refractivity contribution is 5.51. The minimum Gasteiger partial charge on any atom is -0.466 e. The first-order valence-corrected chi connectivity index (χ1v) is 5.10. The Labute approximate surface area is 88.4 Å². The molecule has 15 heavy (non-hydrogen) atoms. The molecule has 3 heteroatoms. The van der Waals surface area contributed by atoms with Crippen molar-refractivity contribution in [3.8, 4) is 0 Å². The summed E-state index contributed by atoms with van der Waals surface area (Å²) in [5.41, 5.74) is -0.477. The lowest BCUT2D eigenvalue weighted by molar-refractivity contribution is 0.0645. The summed E-state index contributed by atoms with van der Waals surface area (Å²) in [6, 6.07) is 1.79. The van der Waals surface area contributed by atoms with Crippen LogP contribution in [0.3, 0.4) is 0 Å². The second-order valence-electron chi connectivity index (χ2n) is 4.19. The number of rotatable bonds is 3. The lowest BCUT2D eigenvalue weighted by Crippen LogP contribution is -2.26. The molecule has 0 spiro atoms. The molecule has 1 heterocycles. The lowest BCUT2D eigenvalue weighted by atomic mass is 9.89. The zero-order valence-electron chi connectivity index (χ0n) is 8.91. The SMILES string of the molecule is Cc1cc(C(O)(C=C=O)C2CC2)c(C)o1. The third-order valence-corrected chi connectivity index (χ3v) is 2.95. The number of aryl methyl sites for hydroxylation is 2. The Hall–Kier alpha value is -1.31. The van der Waals surface area contributed by atoms with Crippen LogP contribution in [0.5, 0.6) is 0 Å². The summed E-state index contributed by atoms with van der Waals surface area (Å²) in [6.45, 7) is 3.63. The van der Waals surface area contributed by atoms with Gasteiger partial charge in [-0.05, 0) is 38.7 Å². The zero-order chi connectivity index (χ0) is 11.1. The first kappa shape index (κ1) is 10.2. The van der Waals surface area contributed by atoms with Gasteiger partial charge in [0.1, 0.15) is 23.1 Å². The molecule has 1 fully saturated rings. The maximum absolute atomic E-state index is 10.5. The summed E-state index contributed by atoms with van der Waals surface area (Å²) in [4.78, 5) is 10.5. The van der Waals surface area contributed by atoms with Gasteiger partial charge in [0.05, 0.1) is 0 Å². The van der Waals surface area contributed by atoms with Gasteiger partial charge in [0.2, 0.25) is 0 Å². The highest BCUT2D eigenvalue weighted by atomic mass is 16.3. The molecule has 1 atom stereocenters. The van der Waals surface area contributed by atoms with Crippen LogP contribution in [0, 0.1) is 19.8 Å². The lowest BCUT2D eigenvalue weighted by Gasteiger charge is -2.22. The van der Waals surface area contributed by atoms with Gasteiger partial charge in [-0.1, -0.05) is 0 Å². The molecule has 1 aliphatic carbocycles. The maximum atomic E-state index is 10.5. The molecule has 1 aliphatic rings. The van der Waals surface area contributed by atoms with Crippen molar-refractivity contribution < 1.29 is 14.3 Å². The van der Waals surface area contributed by atoms with Crippen LogP contribution in [0.15, 0.2) is 16.6 Å². The molecule has 0 bridgehead atoms. The van der Waals surface area contributed by atoms with Crippen molar-refractivity contribution in [1.82, 2.24) is 0 Å². The molecule has 1 unspecified atom stereocenters. The smallest absolute Gasteiger partial charge is 0.124 e. The highest BCUT2D eigenvalue weighted by Gasteiger charge is 2.45. The van der Waals surface area contributed by atoms with Crippen LogP contribution in [-0.4, -0.2) is 11.0 Å². The van der Waals surface area contributed by atoms with E-state index in [2.05, 4.69) is 0 Å². The van der Waals surface area contributed by atoms with Gasteiger partial charge in [0.15, 0.2) is 0 Å². The van der Waals surface area contributed by atoms with Crippen LogP contribution in [0.25, 0.3) is 0 Å². The van der Waals surface area contributed by atoms with Crippen LogP contribution in [0.1, 0.15) is 29.9 Å². The molecule has 80 valence electrons. The molecule has 0 saturated heterocycles. The number of furan rings is 1. The Morgan fingerprint density at radius 2 is 2.27 bits per heavy atom. The first-order chi connectivity index (χ1) is 7.08. The summed E-state index contributed by atoms with van der Waals surface area (Å²) in [5, 5.41) is 10.4. The monoisotopic (exact) mass is 206 g/mol. The molecule has 1 aromatic rings. The second kappa shape index (κ2) is 3.37. The summed E-state index contributed by atoms with van der Waals surface area (Å²) in [7, 11) is 0. The molecular formula is C12H14O3. The van der Waals surface area contributed by atoms with Crippen LogP contribution < -0.4 is 0 Å². The summed E-state index contributed by atoms with van der Waals surface area (Å²) in [5.74, 6) is 3.26. The molecule has 0 aromatic carbocycles. The molecule has 0 amide bonds. The third-order valence-electron chi connectivity index (χ3n) is 2.95. The van der Waals surface area contributed by atoms with E-state index in [1.54, 1.807) is 18.9 Å². The normalized spacial score (nSPS) is 19.4. The zero-order valence-corrected chi connectivity index (χ0v) is 8.91. The second-order valence-corrected chi connectivity index (χ2v) is 4.19. The highest BCUT2D eigenvalue weighted by Crippen LogP contribution is 2.47. The van der Waals surface area contributed by atoms with Gasteiger partial charge in [-0.25, -0.2) is 4.79 Å². The van der Waals surface area contributed by atoms with E-state index in [0.717, 1.165) is 18.6 Å². The van der Waals surface area contributed by atoms with Crippen molar-refractivity contribution >= 4 is 5.94 Å². The molecule has 1 N–H and O–H groups in total. The van der Waals surface area contributed by atoms with E-state index in [9.17, 15) is 9.90 Å². The van der Waals surface area contributed by atoms with E-state index in [0.29, 0.717) is 11.3 Å². The average molecular weight is 206 g/mol. The van der Waals surface area contributed by atoms with Gasteiger partial charge in [0, 0.05) is 11.6 Å². The first-order valence-electron chi connectivity index (χ1n) is 5.10. The summed E-state index contributed by atoms with van der Waals surface area (Å²) in [6.07, 6.45) is 3.10. The average Bonchev–Trinajstić information content (AvgIpc) is 2.93. The minimum atomic E-state index is -1.18. The van der Waals surface area contributed by atoms with E-state index in [-0.39, 0.29) is 5.92 Å². The third kappa shape index (κ3) is 1.65. The summed E-state index contributed by atoms with van der Waals surface area (Å²) < 4.78 is 5.38. The van der Waals surface area contributed by atoms with E-state index in [4.69, 9.17) is 4.42 Å². The fourth-order valence-corrected chi connectivity index (χ4v) is 2.06. The van der Waals surface area contributed by atoms with Gasteiger partial charge in [0.25, 0.3) is 0 Å². The van der Waals surface area contributed by atoms with Crippen molar-refractivity contribution in [1.29, 1.82) is 0 Å². The van der Waals surface area contributed by atoms with Gasteiger partial charge < -0.3 is 9.52 Å². The quantitative estimate of drug-likeness (QED) is 0.768. The predicted octanol–water partition coefficient (Wildman–Crippen LogP) is 1.88. The topological polar surface area (TPSA) is 50.4 Å². The number of hydrogen-bond acceptors (Lipinski definition) is 3. The maximum Gasteiger partial charge on any atom is 0.124 e. The minimum absolute atomic E-state index is 0.134. The Bertz CT molecular complexity index is 422. The van der Waals surface area contributed by atoms with Crippen molar-refractivity contribution in [2.75, 3.05) is 0 Å². The molecule has 2 rings (SSSR count). The van der Waals surface area contributed by atoms with Crippen LogP contribution in [0.4, 0.5) is 0 Å². The molecule has 3 nitrogen and oxygen atoms in total. The standard InChI is InChI=1S/C12H14O3/c1-8-7-11(9(2)15-8)12(14,5-6-13)10-3-4-10/h5,7,10,14H,3-4H2,1-2H3. The van der Waals surface area contributed by atoms with E-state index in [1.807, 2.05) is 6.92 Å². The fraction of sp³-hybridized carbons (Fsp3) is 0.500. The van der Waals surface area contributed by atoms with Crippen molar-refractivity contribution in [3.63, 3.8) is 0 Å². The van der Waals surface area contributed by atoms with Crippen LogP contribution >= 0.6 is 0 Å². The Morgan fingerprint density at radius 1 is 1.60 bits per heavy atom. The van der Waals surface area contributed by atoms with Crippen molar-refractivity contribution in [2.45, 2.75) is 32.3 Å². The molecule has 0 radical (unpaired) electrons. The van der Waals surface area contributed by atoms with E-state index >= 15 is 0 Å². The Balaban J connectivity index is 2.48. The molecule has 1 aromatic heterocycles. The van der Waals surface area contributed by atoms with Gasteiger partial charge in [-0.3, -0.25) is 0 Å². The van der Waals surface area contributed by atoms with Gasteiger partial charge in [-0.15, -0.1) is 0 Å². The van der Waals surface area contributed by atoms with Gasteiger partial charge >= 0.3 is 0 Å². The summed E-state index contributed by atoms with van der Waals surface area (Å²) >= 11 is 0. The number of carbonyl (C=O) groups excluding carboxylic acids is 1. The molecule has 1 saturated carbocycles. The van der Waals surface area contributed by atoms with E-state index in [1.165, 1.54) is 6.08 Å². The molecular weight excluding hydrogens is 192 g/mol. The van der Waals surface area contributed by atoms with Crippen molar-refractivity contribution in [3.05, 3.63) is 29.2 Å². The van der Waals surface area contributed by atoms with E-state index < -0.39 is 5.60 Å². The number of aliphatic hydroxyl groups is 1.